The molecule has 0 aromatic carbocycles. The van der Waals surface area contributed by atoms with E-state index in [1.165, 1.54) is 0 Å². The molecule has 0 spiro atoms. The van der Waals surface area contributed by atoms with E-state index in [2.05, 4.69) is 6.08 Å². The average molecular weight is 232 g/mol. The van der Waals surface area contributed by atoms with Crippen molar-refractivity contribution in [1.29, 1.82) is 0 Å². The van der Waals surface area contributed by atoms with Crippen molar-refractivity contribution in [2.24, 2.45) is 0 Å². The first-order chi connectivity index (χ1) is 7.18. The molecule has 3 nitrogen and oxygen atoms in total. The Kier molecular flexibility index (Phi) is 5.04. The predicted molar refractivity (Wildman–Crippen MR) is 62.5 cm³/mol. The minimum atomic E-state index is -2.65. The third-order valence-corrected chi connectivity index (χ3v) is 5.60. The van der Waals surface area contributed by atoms with Crippen LogP contribution in [-0.4, -0.2) is 25.7 Å². The number of methoxy groups -OCH3 is 1. The molecule has 2 atom stereocenters. The summed E-state index contributed by atoms with van der Waals surface area (Å²) >= 11 is 0. The van der Waals surface area contributed by atoms with Gasteiger partial charge in [0.25, 0.3) is 0 Å². The van der Waals surface area contributed by atoms with Gasteiger partial charge in [-0.1, -0.05) is 13.0 Å². The minimum absolute atomic E-state index is 0.315. The Morgan fingerprint density at radius 2 is 2.27 bits per heavy atom. The Morgan fingerprint density at radius 1 is 1.53 bits per heavy atom. The Balaban J connectivity index is 2.83. The van der Waals surface area contributed by atoms with E-state index in [9.17, 15) is 4.57 Å². The number of rotatable bonds is 6. The lowest BCUT2D eigenvalue weighted by molar-refractivity contribution is 0.166. The molecule has 0 radical (unpaired) electrons. The number of allylic oxidation sites excluding steroid dienone is 1. The van der Waals surface area contributed by atoms with E-state index in [0.29, 0.717) is 12.8 Å². The molecule has 1 rings (SSSR count). The molecule has 15 heavy (non-hydrogen) atoms. The highest BCUT2D eigenvalue weighted by Crippen LogP contribution is 2.55. The molecular weight excluding hydrogens is 211 g/mol. The highest BCUT2D eigenvalue weighted by atomic mass is 31.2. The molecule has 0 fully saturated rings. The van der Waals surface area contributed by atoms with Crippen LogP contribution in [0.3, 0.4) is 0 Å². The molecule has 0 saturated heterocycles. The van der Waals surface area contributed by atoms with Crippen LogP contribution in [0.4, 0.5) is 0 Å². The minimum Gasteiger partial charge on any atom is -0.367 e. The van der Waals surface area contributed by atoms with Crippen molar-refractivity contribution in [2.75, 3.05) is 19.9 Å². The maximum absolute atomic E-state index is 12.5. The molecule has 0 aromatic heterocycles. The largest absolute Gasteiger partial charge is 0.367 e. The third-order valence-electron chi connectivity index (χ3n) is 2.76. The third kappa shape index (κ3) is 2.93. The van der Waals surface area contributed by atoms with E-state index in [-0.39, 0.29) is 5.85 Å². The van der Waals surface area contributed by atoms with E-state index >= 15 is 0 Å². The molecule has 1 aliphatic rings. The SMILES string of the molecule is CCOP(=O)(CC)C(OC)C1=CCCC1. The van der Waals surface area contributed by atoms with Crippen molar-refractivity contribution >= 4 is 7.37 Å². The van der Waals surface area contributed by atoms with Gasteiger partial charge in [0.1, 0.15) is 0 Å². The van der Waals surface area contributed by atoms with Crippen LogP contribution in [-0.2, 0) is 13.8 Å². The summed E-state index contributed by atoms with van der Waals surface area (Å²) in [5.74, 6) is -0.315. The zero-order valence-corrected chi connectivity index (χ0v) is 10.8. The quantitative estimate of drug-likeness (QED) is 0.520. The van der Waals surface area contributed by atoms with E-state index in [1.54, 1.807) is 7.11 Å². The highest BCUT2D eigenvalue weighted by Gasteiger charge is 2.35. The van der Waals surface area contributed by atoms with Gasteiger partial charge < -0.3 is 9.26 Å². The van der Waals surface area contributed by atoms with Gasteiger partial charge >= 0.3 is 0 Å². The van der Waals surface area contributed by atoms with Crippen LogP contribution in [0.5, 0.6) is 0 Å². The topological polar surface area (TPSA) is 35.5 Å². The van der Waals surface area contributed by atoms with Crippen molar-refractivity contribution in [1.82, 2.24) is 0 Å². The smallest absolute Gasteiger partial charge is 0.234 e. The zero-order chi connectivity index (χ0) is 11.3. The van der Waals surface area contributed by atoms with Crippen molar-refractivity contribution in [3.63, 3.8) is 0 Å². The normalized spacial score (nSPS) is 22.2. The van der Waals surface area contributed by atoms with Gasteiger partial charge in [-0.05, 0) is 31.8 Å². The van der Waals surface area contributed by atoms with Crippen molar-refractivity contribution in [3.05, 3.63) is 11.6 Å². The van der Waals surface area contributed by atoms with Crippen molar-refractivity contribution in [3.8, 4) is 0 Å². The van der Waals surface area contributed by atoms with Crippen molar-refractivity contribution < 1.29 is 13.8 Å². The van der Waals surface area contributed by atoms with E-state index in [0.717, 1.165) is 24.8 Å². The Morgan fingerprint density at radius 3 is 2.67 bits per heavy atom. The first-order valence-corrected chi connectivity index (χ1v) is 7.50. The zero-order valence-electron chi connectivity index (χ0n) is 9.86. The summed E-state index contributed by atoms with van der Waals surface area (Å²) in [4.78, 5) is 0. The maximum atomic E-state index is 12.5. The lowest BCUT2D eigenvalue weighted by Gasteiger charge is -2.26. The average Bonchev–Trinajstić information content (AvgIpc) is 2.72. The molecule has 0 amide bonds. The van der Waals surface area contributed by atoms with Crippen LogP contribution in [0.1, 0.15) is 33.1 Å². The van der Waals surface area contributed by atoms with Crippen LogP contribution in [0.25, 0.3) is 0 Å². The first-order valence-electron chi connectivity index (χ1n) is 5.63. The Bertz CT molecular complexity index is 273. The van der Waals surface area contributed by atoms with Gasteiger partial charge in [-0.3, -0.25) is 4.57 Å². The lowest BCUT2D eigenvalue weighted by atomic mass is 10.2. The van der Waals surface area contributed by atoms with Gasteiger partial charge in [-0.2, -0.15) is 0 Å². The Hall–Kier alpha value is -0.110. The summed E-state index contributed by atoms with van der Waals surface area (Å²) < 4.78 is 23.3. The second-order valence-corrected chi connectivity index (χ2v) is 6.53. The summed E-state index contributed by atoms with van der Waals surface area (Å²) in [5.41, 5.74) is 1.16. The van der Waals surface area contributed by atoms with Crippen LogP contribution < -0.4 is 0 Å². The summed E-state index contributed by atoms with van der Waals surface area (Å²) in [6.07, 6.45) is 5.90. The molecule has 88 valence electrons. The molecule has 0 aromatic rings. The molecule has 2 unspecified atom stereocenters. The fourth-order valence-electron chi connectivity index (χ4n) is 2.03. The van der Waals surface area contributed by atoms with Crippen LogP contribution in [0.2, 0.25) is 0 Å². The van der Waals surface area contributed by atoms with Crippen LogP contribution >= 0.6 is 7.37 Å². The number of hydrogen-bond acceptors (Lipinski definition) is 3. The van der Waals surface area contributed by atoms with Gasteiger partial charge in [0.2, 0.25) is 7.37 Å². The van der Waals surface area contributed by atoms with E-state index < -0.39 is 7.37 Å². The molecule has 0 bridgehead atoms. The van der Waals surface area contributed by atoms with Gasteiger partial charge in [0.15, 0.2) is 5.85 Å². The molecule has 0 aliphatic heterocycles. The molecule has 1 aliphatic carbocycles. The van der Waals surface area contributed by atoms with Crippen molar-refractivity contribution in [2.45, 2.75) is 39.0 Å². The van der Waals surface area contributed by atoms with Crippen LogP contribution in [0, 0.1) is 0 Å². The molecule has 0 heterocycles. The fourth-order valence-corrected chi connectivity index (χ4v) is 4.18. The summed E-state index contributed by atoms with van der Waals surface area (Å²) in [6, 6.07) is 0. The predicted octanol–water partition coefficient (Wildman–Crippen LogP) is 3.40. The number of hydrogen-bond donors (Lipinski definition) is 0. The van der Waals surface area contributed by atoms with Gasteiger partial charge in [0.05, 0.1) is 6.61 Å². The Labute approximate surface area is 92.3 Å². The standard InChI is InChI=1S/C11H21O3P/c1-4-14-15(12,5-2)11(13-3)10-8-6-7-9-10/h8,11H,4-7,9H2,1-3H3. The first kappa shape index (κ1) is 13.0. The van der Waals surface area contributed by atoms with E-state index in [1.807, 2.05) is 13.8 Å². The lowest BCUT2D eigenvalue weighted by Crippen LogP contribution is -2.17. The highest BCUT2D eigenvalue weighted by molar-refractivity contribution is 7.59. The van der Waals surface area contributed by atoms with Gasteiger partial charge in [-0.15, -0.1) is 0 Å². The number of ether oxygens (including phenoxy) is 1. The fraction of sp³-hybridized carbons (Fsp3) is 0.818. The summed E-state index contributed by atoms with van der Waals surface area (Å²) in [7, 11) is -1.03. The summed E-state index contributed by atoms with van der Waals surface area (Å²) in [6.45, 7) is 4.26. The second-order valence-electron chi connectivity index (χ2n) is 3.72. The second kappa shape index (κ2) is 5.83. The van der Waals surface area contributed by atoms with Gasteiger partial charge in [0, 0.05) is 13.3 Å². The molecule has 0 N–H and O–H groups in total. The molecular formula is C11H21O3P. The summed E-state index contributed by atoms with van der Waals surface area (Å²) in [5, 5.41) is 0. The van der Waals surface area contributed by atoms with E-state index in [4.69, 9.17) is 9.26 Å². The molecule has 0 saturated carbocycles. The van der Waals surface area contributed by atoms with Gasteiger partial charge in [-0.25, -0.2) is 0 Å². The maximum Gasteiger partial charge on any atom is 0.234 e. The molecule has 4 heteroatoms. The monoisotopic (exact) mass is 232 g/mol. The van der Waals surface area contributed by atoms with Crippen LogP contribution in [0.15, 0.2) is 11.6 Å².